The second-order valence-electron chi connectivity index (χ2n) is 6.24. The number of anilines is 2. The van der Waals surface area contributed by atoms with Gasteiger partial charge < -0.3 is 10.6 Å². The first kappa shape index (κ1) is 16.7. The number of benzene rings is 3. The number of carbonyl (C=O) groups is 3. The summed E-state index contributed by atoms with van der Waals surface area (Å²) in [6.45, 7) is 0. The van der Waals surface area contributed by atoms with Gasteiger partial charge in [0, 0.05) is 16.9 Å². The van der Waals surface area contributed by atoms with Gasteiger partial charge in [0.25, 0.3) is 5.91 Å². The average Bonchev–Trinajstić information content (AvgIpc) is 3.04. The fraction of sp³-hybridized carbons (Fsp3) is 0.0455. The van der Waals surface area contributed by atoms with Crippen LogP contribution in [-0.4, -0.2) is 17.6 Å². The van der Waals surface area contributed by atoms with Crippen LogP contribution in [0.5, 0.6) is 0 Å². The van der Waals surface area contributed by atoms with Crippen LogP contribution in [0.2, 0.25) is 0 Å². The van der Waals surface area contributed by atoms with Crippen molar-refractivity contribution in [3.8, 4) is 11.1 Å². The maximum Gasteiger partial charge on any atom is 0.292 e. The van der Waals surface area contributed by atoms with E-state index in [2.05, 4.69) is 10.6 Å². The van der Waals surface area contributed by atoms with Crippen LogP contribution >= 0.6 is 0 Å². The first-order chi connectivity index (χ1) is 13.1. The second-order valence-corrected chi connectivity index (χ2v) is 6.24. The third-order valence-electron chi connectivity index (χ3n) is 4.54. The van der Waals surface area contributed by atoms with Crippen molar-refractivity contribution in [1.29, 1.82) is 0 Å². The van der Waals surface area contributed by atoms with E-state index in [-0.39, 0.29) is 0 Å². The molecule has 2 N–H and O–H groups in total. The van der Waals surface area contributed by atoms with Crippen molar-refractivity contribution in [2.24, 2.45) is 0 Å². The predicted molar refractivity (Wildman–Crippen MR) is 103 cm³/mol. The summed E-state index contributed by atoms with van der Waals surface area (Å²) < 4.78 is 0. The van der Waals surface area contributed by atoms with Crippen LogP contribution < -0.4 is 10.6 Å². The standard InChI is InChI=1S/C22H16N2O3/c25-20(19-16-11-5-7-13-18(16)23-21(19)26)22(27)24-17-12-6-4-10-15(17)14-8-2-1-3-9-14/h1-13,19H,(H,23,26)(H,24,27)/t19-/m0/s1. The van der Waals surface area contributed by atoms with Gasteiger partial charge in [-0.2, -0.15) is 0 Å². The van der Waals surface area contributed by atoms with Crippen LogP contribution in [0.4, 0.5) is 11.4 Å². The molecule has 27 heavy (non-hydrogen) atoms. The Bertz CT molecular complexity index is 1040. The zero-order valence-corrected chi connectivity index (χ0v) is 14.3. The molecule has 0 radical (unpaired) electrons. The highest BCUT2D eigenvalue weighted by atomic mass is 16.2. The molecule has 0 aliphatic carbocycles. The topological polar surface area (TPSA) is 75.3 Å². The third-order valence-corrected chi connectivity index (χ3v) is 4.54. The Morgan fingerprint density at radius 3 is 2.30 bits per heavy atom. The molecular formula is C22H16N2O3. The Hall–Kier alpha value is -3.73. The van der Waals surface area contributed by atoms with E-state index in [4.69, 9.17) is 0 Å². The molecule has 0 saturated carbocycles. The number of ketones is 1. The number of hydrogen-bond donors (Lipinski definition) is 2. The van der Waals surface area contributed by atoms with Gasteiger partial charge in [-0.1, -0.05) is 66.7 Å². The van der Waals surface area contributed by atoms with Crippen molar-refractivity contribution in [2.75, 3.05) is 10.6 Å². The number of nitrogens with one attached hydrogen (secondary N) is 2. The van der Waals surface area contributed by atoms with Crippen LogP contribution in [0.15, 0.2) is 78.9 Å². The lowest BCUT2D eigenvalue weighted by Crippen LogP contribution is -2.32. The number of carbonyl (C=O) groups excluding carboxylic acids is 3. The molecule has 1 atom stereocenters. The number of hydrogen-bond acceptors (Lipinski definition) is 3. The van der Waals surface area contributed by atoms with E-state index in [1.54, 1.807) is 36.4 Å². The van der Waals surface area contributed by atoms with Crippen LogP contribution in [0.25, 0.3) is 11.1 Å². The number of rotatable bonds is 4. The Labute approximate surface area is 156 Å². The van der Waals surface area contributed by atoms with E-state index >= 15 is 0 Å². The lowest BCUT2D eigenvalue weighted by Gasteiger charge is -2.12. The molecule has 5 heteroatoms. The van der Waals surface area contributed by atoms with Gasteiger partial charge in [0.15, 0.2) is 0 Å². The van der Waals surface area contributed by atoms with E-state index in [1.807, 2.05) is 42.5 Å². The highest BCUT2D eigenvalue weighted by Crippen LogP contribution is 2.33. The lowest BCUT2D eigenvalue weighted by atomic mass is 9.95. The maximum atomic E-state index is 12.7. The van der Waals surface area contributed by atoms with Gasteiger partial charge in [-0.3, -0.25) is 14.4 Å². The van der Waals surface area contributed by atoms with Crippen molar-refractivity contribution >= 4 is 29.0 Å². The zero-order valence-electron chi connectivity index (χ0n) is 14.3. The minimum absolute atomic E-state index is 0.479. The van der Waals surface area contributed by atoms with Crippen LogP contribution in [0.3, 0.4) is 0 Å². The molecule has 0 bridgehead atoms. The fourth-order valence-electron chi connectivity index (χ4n) is 3.25. The van der Waals surface area contributed by atoms with Crippen molar-refractivity contribution < 1.29 is 14.4 Å². The minimum atomic E-state index is -1.12. The maximum absolute atomic E-state index is 12.7. The summed E-state index contributed by atoms with van der Waals surface area (Å²) in [4.78, 5) is 37.5. The van der Waals surface area contributed by atoms with Crippen molar-refractivity contribution in [2.45, 2.75) is 5.92 Å². The molecular weight excluding hydrogens is 340 g/mol. The second kappa shape index (κ2) is 6.88. The van der Waals surface area contributed by atoms with E-state index in [1.165, 1.54) is 0 Å². The summed E-state index contributed by atoms with van der Waals surface area (Å²) in [6, 6.07) is 23.7. The lowest BCUT2D eigenvalue weighted by molar-refractivity contribution is -0.138. The van der Waals surface area contributed by atoms with E-state index in [0.717, 1.165) is 11.1 Å². The monoisotopic (exact) mass is 356 g/mol. The molecule has 3 aromatic rings. The van der Waals surface area contributed by atoms with Gasteiger partial charge in [-0.05, 0) is 23.3 Å². The highest BCUT2D eigenvalue weighted by Gasteiger charge is 2.39. The summed E-state index contributed by atoms with van der Waals surface area (Å²) in [5.41, 5.74) is 3.34. The van der Waals surface area contributed by atoms with Gasteiger partial charge in [-0.25, -0.2) is 0 Å². The summed E-state index contributed by atoms with van der Waals surface area (Å²) in [5.74, 6) is -3.19. The molecule has 132 valence electrons. The molecule has 1 heterocycles. The van der Waals surface area contributed by atoms with Crippen molar-refractivity contribution in [3.05, 3.63) is 84.4 Å². The van der Waals surface area contributed by atoms with Crippen LogP contribution in [0, 0.1) is 0 Å². The quantitative estimate of drug-likeness (QED) is 0.554. The molecule has 5 nitrogen and oxygen atoms in total. The zero-order chi connectivity index (χ0) is 18.8. The van der Waals surface area contributed by atoms with E-state index < -0.39 is 23.5 Å². The van der Waals surface area contributed by atoms with Crippen molar-refractivity contribution in [3.63, 3.8) is 0 Å². The van der Waals surface area contributed by atoms with Gasteiger partial charge in [0.05, 0.1) is 0 Å². The minimum Gasteiger partial charge on any atom is -0.325 e. The average molecular weight is 356 g/mol. The normalized spacial score (nSPS) is 15.0. The molecule has 0 saturated heterocycles. The molecule has 0 aromatic heterocycles. The smallest absolute Gasteiger partial charge is 0.292 e. The fourth-order valence-corrected chi connectivity index (χ4v) is 3.25. The van der Waals surface area contributed by atoms with Crippen molar-refractivity contribution in [1.82, 2.24) is 0 Å². The predicted octanol–water partition coefficient (Wildman–Crippen LogP) is 3.60. The summed E-state index contributed by atoms with van der Waals surface area (Å²) in [6.07, 6.45) is 0. The molecule has 0 fully saturated rings. The first-order valence-corrected chi connectivity index (χ1v) is 8.54. The Balaban J connectivity index is 1.61. The molecule has 0 unspecified atom stereocenters. The molecule has 3 aromatic carbocycles. The Morgan fingerprint density at radius 1 is 0.815 bits per heavy atom. The van der Waals surface area contributed by atoms with Gasteiger partial charge in [0.1, 0.15) is 5.92 Å². The highest BCUT2D eigenvalue weighted by molar-refractivity contribution is 6.47. The number of Topliss-reactive ketones (excluding diaryl/α,β-unsaturated/α-hetero) is 1. The summed E-state index contributed by atoms with van der Waals surface area (Å²) >= 11 is 0. The summed E-state index contributed by atoms with van der Waals surface area (Å²) in [5, 5.41) is 5.31. The van der Waals surface area contributed by atoms with E-state index in [0.29, 0.717) is 16.9 Å². The number of para-hydroxylation sites is 2. The Kier molecular flexibility index (Phi) is 4.26. The molecule has 2 amide bonds. The number of fused-ring (bicyclic) bond motifs is 1. The molecule has 1 aliphatic heterocycles. The SMILES string of the molecule is O=C(Nc1ccccc1-c1ccccc1)C(=O)[C@H]1C(=O)Nc2ccccc21. The first-order valence-electron chi connectivity index (χ1n) is 8.54. The van der Waals surface area contributed by atoms with E-state index in [9.17, 15) is 14.4 Å². The summed E-state index contributed by atoms with van der Waals surface area (Å²) in [7, 11) is 0. The molecule has 1 aliphatic rings. The molecule has 4 rings (SSSR count). The third kappa shape index (κ3) is 3.11. The van der Waals surface area contributed by atoms with Gasteiger partial charge >= 0.3 is 0 Å². The number of amides is 2. The Morgan fingerprint density at radius 2 is 1.48 bits per heavy atom. The van der Waals surface area contributed by atoms with Crippen LogP contribution in [-0.2, 0) is 14.4 Å². The van der Waals surface area contributed by atoms with Crippen LogP contribution in [0.1, 0.15) is 11.5 Å². The van der Waals surface area contributed by atoms with Gasteiger partial charge in [0.2, 0.25) is 11.7 Å². The van der Waals surface area contributed by atoms with Gasteiger partial charge in [-0.15, -0.1) is 0 Å². The molecule has 0 spiro atoms. The largest absolute Gasteiger partial charge is 0.325 e.